The molecular weight excluding hydrogens is 242 g/mol. The number of urea groups is 1. The van der Waals surface area contributed by atoms with Gasteiger partial charge in [-0.1, -0.05) is 19.9 Å². The molecule has 3 N–H and O–H groups in total. The van der Waals surface area contributed by atoms with Crippen LogP contribution in [-0.4, -0.2) is 34.8 Å². The summed E-state index contributed by atoms with van der Waals surface area (Å²) in [6, 6.07) is 3.58. The van der Waals surface area contributed by atoms with Crippen LogP contribution in [0.4, 0.5) is 4.79 Å². The summed E-state index contributed by atoms with van der Waals surface area (Å²) in [5.41, 5.74) is 0.192. The molecule has 19 heavy (non-hydrogen) atoms. The highest BCUT2D eigenvalue weighted by molar-refractivity contribution is 5.73. The van der Waals surface area contributed by atoms with E-state index in [0.29, 0.717) is 6.54 Å². The van der Waals surface area contributed by atoms with E-state index in [1.165, 1.54) is 0 Å². The molecule has 1 unspecified atom stereocenters. The molecule has 0 aromatic carbocycles. The Morgan fingerprint density at radius 1 is 1.47 bits per heavy atom. The summed E-state index contributed by atoms with van der Waals surface area (Å²) in [6.07, 6.45) is 4.24. The van der Waals surface area contributed by atoms with Gasteiger partial charge in [-0.25, -0.2) is 4.79 Å². The SMILES string of the molecule is CC(C)C(C)(O)CNC(=O)NCCc1cccnc1. The van der Waals surface area contributed by atoms with Crippen molar-refractivity contribution in [3.8, 4) is 0 Å². The van der Waals surface area contributed by atoms with Gasteiger partial charge in [0.2, 0.25) is 0 Å². The second kappa shape index (κ2) is 7.09. The van der Waals surface area contributed by atoms with E-state index < -0.39 is 5.60 Å². The Morgan fingerprint density at radius 2 is 2.21 bits per heavy atom. The largest absolute Gasteiger partial charge is 0.388 e. The van der Waals surface area contributed by atoms with Crippen LogP contribution in [0, 0.1) is 5.92 Å². The Bertz CT molecular complexity index is 391. The summed E-state index contributed by atoms with van der Waals surface area (Å²) in [7, 11) is 0. The minimum atomic E-state index is -0.888. The van der Waals surface area contributed by atoms with Crippen LogP contribution in [0.15, 0.2) is 24.5 Å². The molecule has 0 fully saturated rings. The molecule has 2 amide bonds. The first kappa shape index (κ1) is 15.4. The van der Waals surface area contributed by atoms with Gasteiger partial charge in [0.1, 0.15) is 0 Å². The van der Waals surface area contributed by atoms with Crippen LogP contribution in [0.3, 0.4) is 0 Å². The minimum Gasteiger partial charge on any atom is -0.388 e. The highest BCUT2D eigenvalue weighted by Gasteiger charge is 2.25. The Morgan fingerprint density at radius 3 is 2.79 bits per heavy atom. The van der Waals surface area contributed by atoms with E-state index in [9.17, 15) is 9.90 Å². The van der Waals surface area contributed by atoms with Crippen LogP contribution >= 0.6 is 0 Å². The fourth-order valence-electron chi connectivity index (χ4n) is 1.39. The quantitative estimate of drug-likeness (QED) is 0.726. The van der Waals surface area contributed by atoms with Crippen LogP contribution in [0.5, 0.6) is 0 Å². The predicted octanol–water partition coefficient (Wildman–Crippen LogP) is 1.33. The maximum atomic E-state index is 11.6. The Balaban J connectivity index is 2.22. The van der Waals surface area contributed by atoms with Gasteiger partial charge in [-0.15, -0.1) is 0 Å². The van der Waals surface area contributed by atoms with Crippen molar-refractivity contribution < 1.29 is 9.90 Å². The number of carbonyl (C=O) groups excluding carboxylic acids is 1. The highest BCUT2D eigenvalue weighted by atomic mass is 16.3. The molecule has 0 saturated carbocycles. The summed E-state index contributed by atoms with van der Waals surface area (Å²) in [6.45, 7) is 6.34. The van der Waals surface area contributed by atoms with Gasteiger partial charge in [-0.05, 0) is 30.9 Å². The molecule has 0 saturated heterocycles. The maximum absolute atomic E-state index is 11.6. The Kier molecular flexibility index (Phi) is 5.76. The van der Waals surface area contributed by atoms with Crippen molar-refractivity contribution in [3.63, 3.8) is 0 Å². The highest BCUT2D eigenvalue weighted by Crippen LogP contribution is 2.14. The zero-order valence-electron chi connectivity index (χ0n) is 11.8. The molecule has 1 aromatic heterocycles. The third-order valence-corrected chi connectivity index (χ3v) is 3.27. The van der Waals surface area contributed by atoms with Gasteiger partial charge < -0.3 is 15.7 Å². The average molecular weight is 265 g/mol. The molecule has 1 heterocycles. The van der Waals surface area contributed by atoms with E-state index in [1.54, 1.807) is 19.3 Å². The van der Waals surface area contributed by atoms with Crippen LogP contribution in [0.25, 0.3) is 0 Å². The van der Waals surface area contributed by atoms with Crippen LogP contribution in [-0.2, 0) is 6.42 Å². The smallest absolute Gasteiger partial charge is 0.314 e. The number of hydrogen-bond acceptors (Lipinski definition) is 3. The summed E-state index contributed by atoms with van der Waals surface area (Å²) >= 11 is 0. The van der Waals surface area contributed by atoms with Crippen molar-refractivity contribution in [1.82, 2.24) is 15.6 Å². The first-order valence-corrected chi connectivity index (χ1v) is 6.55. The number of rotatable bonds is 6. The van der Waals surface area contributed by atoms with Crippen LogP contribution in [0.1, 0.15) is 26.3 Å². The fraction of sp³-hybridized carbons (Fsp3) is 0.571. The number of carbonyl (C=O) groups is 1. The molecule has 0 spiro atoms. The maximum Gasteiger partial charge on any atom is 0.314 e. The fourth-order valence-corrected chi connectivity index (χ4v) is 1.39. The number of hydrogen-bond donors (Lipinski definition) is 3. The number of aliphatic hydroxyl groups is 1. The Labute approximate surface area is 114 Å². The van der Waals surface area contributed by atoms with Crippen molar-refractivity contribution in [1.29, 1.82) is 0 Å². The zero-order chi connectivity index (χ0) is 14.3. The van der Waals surface area contributed by atoms with Gasteiger partial charge in [0.25, 0.3) is 0 Å². The molecule has 1 atom stereocenters. The average Bonchev–Trinajstić information content (AvgIpc) is 2.37. The number of amides is 2. The number of pyridine rings is 1. The molecule has 1 aromatic rings. The van der Waals surface area contributed by atoms with E-state index in [-0.39, 0.29) is 18.5 Å². The van der Waals surface area contributed by atoms with E-state index in [2.05, 4.69) is 15.6 Å². The monoisotopic (exact) mass is 265 g/mol. The third kappa shape index (κ3) is 5.70. The van der Waals surface area contributed by atoms with Crippen LogP contribution in [0.2, 0.25) is 0 Å². The van der Waals surface area contributed by atoms with Gasteiger partial charge in [0.15, 0.2) is 0 Å². The Hall–Kier alpha value is -1.62. The summed E-state index contributed by atoms with van der Waals surface area (Å²) in [5, 5.41) is 15.4. The van der Waals surface area contributed by atoms with E-state index in [4.69, 9.17) is 0 Å². The molecule has 0 bridgehead atoms. The molecule has 0 radical (unpaired) electrons. The van der Waals surface area contributed by atoms with E-state index in [1.807, 2.05) is 26.0 Å². The lowest BCUT2D eigenvalue weighted by atomic mass is 9.93. The van der Waals surface area contributed by atoms with Crippen molar-refractivity contribution >= 4 is 6.03 Å². The normalized spacial score (nSPS) is 13.9. The molecule has 0 aliphatic rings. The first-order chi connectivity index (χ1) is 8.92. The lowest BCUT2D eigenvalue weighted by Gasteiger charge is -2.27. The molecule has 0 aliphatic carbocycles. The number of aromatic nitrogens is 1. The van der Waals surface area contributed by atoms with E-state index in [0.717, 1.165) is 12.0 Å². The molecule has 1 rings (SSSR count). The molecule has 5 nitrogen and oxygen atoms in total. The first-order valence-electron chi connectivity index (χ1n) is 6.55. The van der Waals surface area contributed by atoms with Crippen molar-refractivity contribution in [2.75, 3.05) is 13.1 Å². The van der Waals surface area contributed by atoms with E-state index >= 15 is 0 Å². The summed E-state index contributed by atoms with van der Waals surface area (Å²) in [4.78, 5) is 15.6. The molecular formula is C14H23N3O2. The van der Waals surface area contributed by atoms with Gasteiger partial charge in [0, 0.05) is 25.5 Å². The lowest BCUT2D eigenvalue weighted by Crippen LogP contribution is -2.47. The molecule has 5 heteroatoms. The summed E-state index contributed by atoms with van der Waals surface area (Å²) < 4.78 is 0. The second-order valence-corrected chi connectivity index (χ2v) is 5.23. The van der Waals surface area contributed by atoms with Gasteiger partial charge in [-0.2, -0.15) is 0 Å². The van der Waals surface area contributed by atoms with Gasteiger partial charge in [0.05, 0.1) is 5.60 Å². The van der Waals surface area contributed by atoms with Crippen molar-refractivity contribution in [3.05, 3.63) is 30.1 Å². The molecule has 106 valence electrons. The van der Waals surface area contributed by atoms with Crippen molar-refractivity contribution in [2.45, 2.75) is 32.8 Å². The molecule has 0 aliphatic heterocycles. The second-order valence-electron chi connectivity index (χ2n) is 5.23. The third-order valence-electron chi connectivity index (χ3n) is 3.27. The number of nitrogens with one attached hydrogen (secondary N) is 2. The standard InChI is InChI=1S/C14H23N3O2/c1-11(2)14(3,19)10-17-13(18)16-8-6-12-5-4-7-15-9-12/h4-5,7,9,11,19H,6,8,10H2,1-3H3,(H2,16,17,18). The topological polar surface area (TPSA) is 74.2 Å². The zero-order valence-corrected chi connectivity index (χ0v) is 11.8. The van der Waals surface area contributed by atoms with Gasteiger partial charge >= 0.3 is 6.03 Å². The van der Waals surface area contributed by atoms with Gasteiger partial charge in [-0.3, -0.25) is 4.98 Å². The predicted molar refractivity (Wildman–Crippen MR) is 74.8 cm³/mol. The van der Waals surface area contributed by atoms with Crippen molar-refractivity contribution in [2.24, 2.45) is 5.92 Å². The lowest BCUT2D eigenvalue weighted by molar-refractivity contribution is 0.0166. The summed E-state index contributed by atoms with van der Waals surface area (Å²) in [5.74, 6) is 0.0863. The number of nitrogens with zero attached hydrogens (tertiary/aromatic N) is 1. The minimum absolute atomic E-state index is 0.0863. The van der Waals surface area contributed by atoms with Crippen LogP contribution < -0.4 is 10.6 Å².